The van der Waals surface area contributed by atoms with Crippen molar-refractivity contribution in [2.75, 3.05) is 19.8 Å². The molecular weight excluding hydrogens is 510 g/mol. The lowest BCUT2D eigenvalue weighted by atomic mass is 9.94. The van der Waals surface area contributed by atoms with Crippen molar-refractivity contribution in [2.24, 2.45) is 0 Å². The second-order valence-corrected chi connectivity index (χ2v) is 9.84. The topological polar surface area (TPSA) is 103 Å². The van der Waals surface area contributed by atoms with Crippen LogP contribution in [0.2, 0.25) is 0 Å². The number of amides is 1. The van der Waals surface area contributed by atoms with E-state index in [9.17, 15) is 14.7 Å². The number of hydrogen-bond donors (Lipinski definition) is 1. The number of fused-ring (bicyclic) bond motifs is 1. The molecule has 2 aliphatic rings. The Kier molecular flexibility index (Phi) is 7.91. The minimum atomic E-state index is -0.807. The highest BCUT2D eigenvalue weighted by Gasteiger charge is 2.46. The van der Waals surface area contributed by atoms with Crippen molar-refractivity contribution in [2.45, 2.75) is 45.4 Å². The summed E-state index contributed by atoms with van der Waals surface area (Å²) in [7, 11) is 0. The van der Waals surface area contributed by atoms with Crippen molar-refractivity contribution in [3.05, 3.63) is 90.0 Å². The second-order valence-electron chi connectivity index (χ2n) is 9.84. The number of likely N-dealkylation sites (tertiary alicyclic amines) is 1. The maximum Gasteiger partial charge on any atom is 0.295 e. The number of nitrogens with zero attached hydrogens (tertiary/aromatic N) is 3. The molecule has 40 heavy (non-hydrogen) atoms. The summed E-state index contributed by atoms with van der Waals surface area (Å²) in [5.41, 5.74) is 2.09. The lowest BCUT2D eigenvalue weighted by molar-refractivity contribution is -0.139. The minimum Gasteiger partial charge on any atom is -0.507 e. The lowest BCUT2D eigenvalue weighted by Crippen LogP contribution is -2.31. The number of Topliss-reactive ketones (excluding diaryl/α,β-unsaturated/α-hetero) is 1. The molecule has 5 rings (SSSR count). The molecule has 3 aromatic rings. The molecule has 9 nitrogen and oxygen atoms in total. The van der Waals surface area contributed by atoms with Crippen LogP contribution in [0.4, 0.5) is 0 Å². The number of carbonyl (C=O) groups is 2. The van der Waals surface area contributed by atoms with Gasteiger partial charge in [-0.3, -0.25) is 9.59 Å². The third-order valence-corrected chi connectivity index (χ3v) is 7.02. The standard InChI is InChI=1S/C31H33N3O6/c1-4-15-39-25-10-7-21(18-26(25)38-5-2)28-27(29(35)22-8-9-24-23(17-22)16-20(3)40-24)30(36)31(37)34(28)13-6-12-33-14-11-32-19-33/h4,7-11,14,17-20,28,35H,1,5-6,12-13,15-16H2,2-3H3/b29-27+/t20-,28-/m0/s1. The molecule has 0 radical (unpaired) electrons. The maximum absolute atomic E-state index is 13.5. The third kappa shape index (κ3) is 5.32. The van der Waals surface area contributed by atoms with Crippen LogP contribution >= 0.6 is 0 Å². The second kappa shape index (κ2) is 11.7. The third-order valence-electron chi connectivity index (χ3n) is 7.02. The summed E-state index contributed by atoms with van der Waals surface area (Å²) < 4.78 is 19.3. The van der Waals surface area contributed by atoms with Gasteiger partial charge in [-0.15, -0.1) is 0 Å². The van der Waals surface area contributed by atoms with Crippen LogP contribution in [-0.4, -0.2) is 57.1 Å². The molecule has 1 saturated heterocycles. The van der Waals surface area contributed by atoms with Gasteiger partial charge in [0.25, 0.3) is 11.7 Å². The molecule has 0 unspecified atom stereocenters. The van der Waals surface area contributed by atoms with Gasteiger partial charge in [0.15, 0.2) is 11.5 Å². The van der Waals surface area contributed by atoms with E-state index in [0.29, 0.717) is 61.8 Å². The van der Waals surface area contributed by atoms with Gasteiger partial charge < -0.3 is 28.8 Å². The number of imidazole rings is 1. The van der Waals surface area contributed by atoms with E-state index in [1.165, 1.54) is 4.90 Å². The van der Waals surface area contributed by atoms with Crippen LogP contribution in [0.3, 0.4) is 0 Å². The van der Waals surface area contributed by atoms with Crippen LogP contribution in [0, 0.1) is 0 Å². The van der Waals surface area contributed by atoms with Crippen LogP contribution in [0.1, 0.15) is 43.0 Å². The van der Waals surface area contributed by atoms with E-state index in [2.05, 4.69) is 11.6 Å². The van der Waals surface area contributed by atoms with Gasteiger partial charge in [-0.1, -0.05) is 18.7 Å². The van der Waals surface area contributed by atoms with Crippen LogP contribution in [-0.2, 0) is 22.6 Å². The van der Waals surface area contributed by atoms with Crippen LogP contribution in [0.25, 0.3) is 5.76 Å². The van der Waals surface area contributed by atoms with E-state index in [1.807, 2.05) is 30.7 Å². The van der Waals surface area contributed by atoms with E-state index in [4.69, 9.17) is 14.2 Å². The molecule has 0 spiro atoms. The van der Waals surface area contributed by atoms with Gasteiger partial charge in [0.1, 0.15) is 24.2 Å². The van der Waals surface area contributed by atoms with E-state index in [0.717, 1.165) is 11.3 Å². The summed E-state index contributed by atoms with van der Waals surface area (Å²) in [5.74, 6) is 0.176. The highest BCUT2D eigenvalue weighted by atomic mass is 16.5. The van der Waals surface area contributed by atoms with E-state index < -0.39 is 17.7 Å². The van der Waals surface area contributed by atoms with Crippen LogP contribution < -0.4 is 14.2 Å². The number of hydrogen-bond acceptors (Lipinski definition) is 7. The number of benzene rings is 2. The van der Waals surface area contributed by atoms with Gasteiger partial charge >= 0.3 is 0 Å². The Morgan fingerprint density at radius 3 is 2.77 bits per heavy atom. The zero-order chi connectivity index (χ0) is 28.2. The highest BCUT2D eigenvalue weighted by molar-refractivity contribution is 6.46. The normalized spacial score (nSPS) is 19.4. The van der Waals surface area contributed by atoms with E-state index >= 15 is 0 Å². The number of carbonyl (C=O) groups excluding carboxylic acids is 2. The fourth-order valence-electron chi connectivity index (χ4n) is 5.26. The number of aryl methyl sites for hydroxylation is 1. The molecule has 1 aromatic heterocycles. The lowest BCUT2D eigenvalue weighted by Gasteiger charge is -2.26. The van der Waals surface area contributed by atoms with E-state index in [-0.39, 0.29) is 17.4 Å². The maximum atomic E-state index is 13.5. The summed E-state index contributed by atoms with van der Waals surface area (Å²) in [4.78, 5) is 32.5. The van der Waals surface area contributed by atoms with Gasteiger partial charge in [0.2, 0.25) is 0 Å². The number of ether oxygens (including phenoxy) is 3. The Hall–Kier alpha value is -4.53. The predicted octanol–water partition coefficient (Wildman–Crippen LogP) is 4.68. The van der Waals surface area contributed by atoms with Crippen molar-refractivity contribution >= 4 is 17.4 Å². The average Bonchev–Trinajstić information content (AvgIpc) is 3.66. The van der Waals surface area contributed by atoms with E-state index in [1.54, 1.807) is 48.9 Å². The zero-order valence-electron chi connectivity index (χ0n) is 22.7. The monoisotopic (exact) mass is 543 g/mol. The first-order valence-corrected chi connectivity index (χ1v) is 13.5. The SMILES string of the molecule is C=CCOc1ccc([C@H]2/C(=C(\O)c3ccc4c(c3)C[C@H](C)O4)C(=O)C(=O)N2CCCn2ccnc2)cc1OCC. The number of ketones is 1. The first kappa shape index (κ1) is 27.1. The first-order chi connectivity index (χ1) is 19.4. The smallest absolute Gasteiger partial charge is 0.295 e. The molecule has 9 heteroatoms. The molecule has 0 bridgehead atoms. The Labute approximate surface area is 233 Å². The fraction of sp³-hybridized carbons (Fsp3) is 0.323. The Morgan fingerprint density at radius 2 is 2.02 bits per heavy atom. The molecule has 3 heterocycles. The quantitative estimate of drug-likeness (QED) is 0.162. The number of aliphatic hydroxyl groups excluding tert-OH is 1. The van der Waals surface area contributed by atoms with Gasteiger partial charge in [-0.2, -0.15) is 0 Å². The van der Waals surface area contributed by atoms with Crippen molar-refractivity contribution in [1.29, 1.82) is 0 Å². The summed E-state index contributed by atoms with van der Waals surface area (Å²) in [6, 6.07) is 9.85. The number of aromatic nitrogens is 2. The van der Waals surface area contributed by atoms with Gasteiger partial charge in [0, 0.05) is 37.5 Å². The Morgan fingerprint density at radius 1 is 1.18 bits per heavy atom. The molecule has 1 N–H and O–H groups in total. The van der Waals surface area contributed by atoms with Gasteiger partial charge in [-0.05, 0) is 61.7 Å². The van der Waals surface area contributed by atoms with Gasteiger partial charge in [-0.25, -0.2) is 4.98 Å². The molecule has 0 saturated carbocycles. The number of aliphatic hydroxyl groups is 1. The molecule has 2 atom stereocenters. The Balaban J connectivity index is 1.56. The summed E-state index contributed by atoms with van der Waals surface area (Å²) in [5, 5.41) is 11.5. The zero-order valence-corrected chi connectivity index (χ0v) is 22.7. The summed E-state index contributed by atoms with van der Waals surface area (Å²) >= 11 is 0. The minimum absolute atomic E-state index is 0.0345. The molecule has 1 amide bonds. The Bertz CT molecular complexity index is 1450. The molecule has 2 aromatic carbocycles. The van der Waals surface area contributed by atoms with Crippen LogP contribution in [0.15, 0.2) is 73.3 Å². The highest BCUT2D eigenvalue weighted by Crippen LogP contribution is 2.43. The fourth-order valence-corrected chi connectivity index (χ4v) is 5.26. The van der Waals surface area contributed by atoms with Crippen molar-refractivity contribution < 1.29 is 28.9 Å². The molecular formula is C31H33N3O6. The summed E-state index contributed by atoms with van der Waals surface area (Å²) in [6.07, 6.45) is 8.22. The van der Waals surface area contributed by atoms with Crippen molar-refractivity contribution in [3.8, 4) is 17.2 Å². The molecule has 2 aliphatic heterocycles. The summed E-state index contributed by atoms with van der Waals surface area (Å²) in [6.45, 7) is 9.16. The average molecular weight is 544 g/mol. The largest absolute Gasteiger partial charge is 0.507 e. The van der Waals surface area contributed by atoms with Crippen molar-refractivity contribution in [3.63, 3.8) is 0 Å². The number of rotatable bonds is 11. The van der Waals surface area contributed by atoms with Crippen LogP contribution in [0.5, 0.6) is 17.2 Å². The first-order valence-electron chi connectivity index (χ1n) is 13.5. The van der Waals surface area contributed by atoms with Crippen molar-refractivity contribution in [1.82, 2.24) is 14.5 Å². The molecule has 1 fully saturated rings. The predicted molar refractivity (Wildman–Crippen MR) is 149 cm³/mol. The molecule has 0 aliphatic carbocycles. The molecule has 208 valence electrons. The van der Waals surface area contributed by atoms with Gasteiger partial charge in [0.05, 0.1) is 24.5 Å².